The SMILES string of the molecule is COc1cc(CC(CCC(=O)O)NC=O)cc2c1OCO2. The number of carboxylic acids is 1. The van der Waals surface area contributed by atoms with Gasteiger partial charge in [0.2, 0.25) is 19.0 Å². The number of nitrogens with one attached hydrogen (secondary N) is 1. The van der Waals surface area contributed by atoms with Gasteiger partial charge >= 0.3 is 5.97 Å². The van der Waals surface area contributed by atoms with Gasteiger partial charge in [0.05, 0.1) is 7.11 Å². The molecule has 0 saturated heterocycles. The van der Waals surface area contributed by atoms with Gasteiger partial charge in [-0.2, -0.15) is 0 Å². The Balaban J connectivity index is 2.12. The molecule has 0 spiro atoms. The number of carbonyl (C=O) groups excluding carboxylic acids is 1. The van der Waals surface area contributed by atoms with Gasteiger partial charge in [0.25, 0.3) is 0 Å². The van der Waals surface area contributed by atoms with Crippen LogP contribution in [0.2, 0.25) is 0 Å². The van der Waals surface area contributed by atoms with Crippen molar-refractivity contribution in [1.82, 2.24) is 5.32 Å². The fourth-order valence-corrected chi connectivity index (χ4v) is 2.22. The molecule has 114 valence electrons. The Morgan fingerprint density at radius 2 is 2.33 bits per heavy atom. The number of rotatable bonds is 8. The Hall–Kier alpha value is -2.44. The summed E-state index contributed by atoms with van der Waals surface area (Å²) in [4.78, 5) is 21.3. The minimum Gasteiger partial charge on any atom is -0.493 e. The molecular formula is C14H17NO6. The first-order valence-electron chi connectivity index (χ1n) is 6.52. The molecule has 0 saturated carbocycles. The Kier molecular flexibility index (Phi) is 4.86. The van der Waals surface area contributed by atoms with E-state index in [1.807, 2.05) is 6.07 Å². The maximum Gasteiger partial charge on any atom is 0.303 e. The van der Waals surface area contributed by atoms with Gasteiger partial charge in [-0.3, -0.25) is 9.59 Å². The molecule has 1 aliphatic heterocycles. The second-order valence-electron chi connectivity index (χ2n) is 4.65. The maximum atomic E-state index is 10.6. The molecule has 0 aromatic heterocycles. The minimum atomic E-state index is -0.893. The third kappa shape index (κ3) is 3.77. The zero-order valence-electron chi connectivity index (χ0n) is 11.6. The van der Waals surface area contributed by atoms with Gasteiger partial charge < -0.3 is 24.6 Å². The van der Waals surface area contributed by atoms with E-state index < -0.39 is 5.97 Å². The van der Waals surface area contributed by atoms with Gasteiger partial charge in [0.1, 0.15) is 0 Å². The molecule has 1 aromatic carbocycles. The maximum absolute atomic E-state index is 10.6. The first kappa shape index (κ1) is 15.0. The predicted octanol–water partition coefficient (Wildman–Crippen LogP) is 0.946. The van der Waals surface area contributed by atoms with Gasteiger partial charge in [-0.05, 0) is 30.5 Å². The smallest absolute Gasteiger partial charge is 0.303 e. The molecule has 1 unspecified atom stereocenters. The lowest BCUT2D eigenvalue weighted by molar-refractivity contribution is -0.137. The van der Waals surface area contributed by atoms with Crippen molar-refractivity contribution in [2.24, 2.45) is 0 Å². The van der Waals surface area contributed by atoms with Crippen molar-refractivity contribution in [3.8, 4) is 17.2 Å². The molecule has 0 radical (unpaired) electrons. The number of hydrogen-bond donors (Lipinski definition) is 2. The van der Waals surface area contributed by atoms with Crippen LogP contribution in [-0.2, 0) is 16.0 Å². The number of carboxylic acid groups (broad SMARTS) is 1. The van der Waals surface area contributed by atoms with Crippen LogP contribution in [0.1, 0.15) is 18.4 Å². The van der Waals surface area contributed by atoms with E-state index in [2.05, 4.69) is 5.32 Å². The summed E-state index contributed by atoms with van der Waals surface area (Å²) in [5.74, 6) is 0.818. The van der Waals surface area contributed by atoms with Crippen LogP contribution in [0, 0.1) is 0 Å². The average Bonchev–Trinajstić information content (AvgIpc) is 2.92. The first-order valence-corrected chi connectivity index (χ1v) is 6.52. The number of hydrogen-bond acceptors (Lipinski definition) is 5. The van der Waals surface area contributed by atoms with Crippen molar-refractivity contribution in [1.29, 1.82) is 0 Å². The van der Waals surface area contributed by atoms with Crippen LogP contribution in [0.25, 0.3) is 0 Å². The van der Waals surface area contributed by atoms with Crippen LogP contribution in [0.3, 0.4) is 0 Å². The second-order valence-corrected chi connectivity index (χ2v) is 4.65. The Morgan fingerprint density at radius 1 is 1.52 bits per heavy atom. The van der Waals surface area contributed by atoms with E-state index in [-0.39, 0.29) is 19.3 Å². The van der Waals surface area contributed by atoms with Crippen molar-refractivity contribution in [3.63, 3.8) is 0 Å². The van der Waals surface area contributed by atoms with Crippen molar-refractivity contribution in [3.05, 3.63) is 17.7 Å². The molecule has 0 aliphatic carbocycles. The third-order valence-corrected chi connectivity index (χ3v) is 3.21. The van der Waals surface area contributed by atoms with Crippen LogP contribution < -0.4 is 19.5 Å². The van der Waals surface area contributed by atoms with E-state index in [4.69, 9.17) is 19.3 Å². The predicted molar refractivity (Wildman–Crippen MR) is 72.7 cm³/mol. The van der Waals surface area contributed by atoms with Gasteiger partial charge in [0, 0.05) is 12.5 Å². The monoisotopic (exact) mass is 295 g/mol. The molecule has 2 rings (SSSR count). The Labute approximate surface area is 121 Å². The topological polar surface area (TPSA) is 94.1 Å². The lowest BCUT2D eigenvalue weighted by atomic mass is 10.0. The number of methoxy groups -OCH3 is 1. The van der Waals surface area contributed by atoms with Crippen molar-refractivity contribution in [2.75, 3.05) is 13.9 Å². The number of ether oxygens (including phenoxy) is 3. The summed E-state index contributed by atoms with van der Waals surface area (Å²) < 4.78 is 15.9. The highest BCUT2D eigenvalue weighted by atomic mass is 16.7. The lowest BCUT2D eigenvalue weighted by Gasteiger charge is -2.16. The van der Waals surface area contributed by atoms with Crippen LogP contribution in [0.4, 0.5) is 0 Å². The van der Waals surface area contributed by atoms with Gasteiger partial charge in [-0.15, -0.1) is 0 Å². The molecule has 1 aromatic rings. The molecule has 1 atom stereocenters. The van der Waals surface area contributed by atoms with Crippen LogP contribution in [-0.4, -0.2) is 37.4 Å². The third-order valence-electron chi connectivity index (χ3n) is 3.21. The van der Waals surface area contributed by atoms with E-state index in [0.717, 1.165) is 5.56 Å². The minimum absolute atomic E-state index is 0.00675. The second kappa shape index (κ2) is 6.83. The summed E-state index contributed by atoms with van der Waals surface area (Å²) in [5, 5.41) is 11.4. The lowest BCUT2D eigenvalue weighted by Crippen LogP contribution is -2.30. The van der Waals surface area contributed by atoms with E-state index in [9.17, 15) is 9.59 Å². The molecule has 1 amide bonds. The van der Waals surface area contributed by atoms with Crippen LogP contribution in [0.5, 0.6) is 17.2 Å². The Morgan fingerprint density at radius 3 is 3.00 bits per heavy atom. The fourth-order valence-electron chi connectivity index (χ4n) is 2.22. The summed E-state index contributed by atoms with van der Waals surface area (Å²) >= 11 is 0. The van der Waals surface area contributed by atoms with Gasteiger partial charge in [0.15, 0.2) is 11.5 Å². The standard InChI is InChI=1S/C14H17NO6/c1-19-11-5-9(6-12-14(11)21-8-20-12)4-10(15-7-16)2-3-13(17)18/h5-7,10H,2-4,8H2,1H3,(H,15,16)(H,17,18). The van der Waals surface area contributed by atoms with Crippen molar-refractivity contribution in [2.45, 2.75) is 25.3 Å². The zero-order chi connectivity index (χ0) is 15.2. The molecule has 21 heavy (non-hydrogen) atoms. The van der Waals surface area contributed by atoms with Crippen molar-refractivity contribution < 1.29 is 28.9 Å². The number of aliphatic carboxylic acids is 1. The van der Waals surface area contributed by atoms with Gasteiger partial charge in [-0.1, -0.05) is 0 Å². The molecule has 1 heterocycles. The number of benzene rings is 1. The van der Waals surface area contributed by atoms with Crippen LogP contribution in [0.15, 0.2) is 12.1 Å². The first-order chi connectivity index (χ1) is 10.1. The van der Waals surface area contributed by atoms with Crippen LogP contribution >= 0.6 is 0 Å². The molecule has 7 nitrogen and oxygen atoms in total. The highest BCUT2D eigenvalue weighted by molar-refractivity contribution is 5.66. The fraction of sp³-hybridized carbons (Fsp3) is 0.429. The summed E-state index contributed by atoms with van der Waals surface area (Å²) in [5.41, 5.74) is 0.876. The summed E-state index contributed by atoms with van der Waals surface area (Å²) in [7, 11) is 1.53. The molecule has 2 N–H and O–H groups in total. The largest absolute Gasteiger partial charge is 0.493 e. The summed E-state index contributed by atoms with van der Waals surface area (Å²) in [6.07, 6.45) is 1.41. The van der Waals surface area contributed by atoms with Gasteiger partial charge in [-0.25, -0.2) is 0 Å². The molecule has 0 bridgehead atoms. The molecule has 1 aliphatic rings. The number of amides is 1. The Bertz CT molecular complexity index is 530. The highest BCUT2D eigenvalue weighted by Crippen LogP contribution is 2.42. The van der Waals surface area contributed by atoms with E-state index in [1.54, 1.807) is 6.07 Å². The van der Waals surface area contributed by atoms with E-state index in [0.29, 0.717) is 36.5 Å². The quantitative estimate of drug-likeness (QED) is 0.693. The molecule has 0 fully saturated rings. The van der Waals surface area contributed by atoms with E-state index >= 15 is 0 Å². The van der Waals surface area contributed by atoms with E-state index in [1.165, 1.54) is 7.11 Å². The summed E-state index contributed by atoms with van der Waals surface area (Å²) in [6.45, 7) is 0.143. The zero-order valence-corrected chi connectivity index (χ0v) is 11.6. The molecule has 7 heteroatoms. The highest BCUT2D eigenvalue weighted by Gasteiger charge is 2.21. The normalized spacial score (nSPS) is 13.6. The number of fused-ring (bicyclic) bond motifs is 1. The molecular weight excluding hydrogens is 278 g/mol. The average molecular weight is 295 g/mol. The van der Waals surface area contributed by atoms with Crippen molar-refractivity contribution >= 4 is 12.4 Å². The number of carbonyl (C=O) groups is 2. The summed E-state index contributed by atoms with van der Waals surface area (Å²) in [6, 6.07) is 3.35.